The Labute approximate surface area is 156 Å². The molecule has 2 heterocycles. The number of fused-ring (bicyclic) bond motifs is 1. The van der Waals surface area contributed by atoms with Gasteiger partial charge in [-0.15, -0.1) is 0 Å². The predicted octanol–water partition coefficient (Wildman–Crippen LogP) is 3.29. The first-order valence-corrected chi connectivity index (χ1v) is 9.04. The molecule has 0 bridgehead atoms. The van der Waals surface area contributed by atoms with Gasteiger partial charge in [-0.1, -0.05) is 29.8 Å². The van der Waals surface area contributed by atoms with Crippen molar-refractivity contribution in [2.45, 2.75) is 19.0 Å². The molecule has 3 aromatic rings. The zero-order valence-corrected chi connectivity index (χ0v) is 15.0. The van der Waals surface area contributed by atoms with Crippen molar-refractivity contribution < 1.29 is 4.79 Å². The summed E-state index contributed by atoms with van der Waals surface area (Å²) in [7, 11) is 0. The van der Waals surface area contributed by atoms with Crippen LogP contribution < -0.4 is 15.5 Å². The second kappa shape index (κ2) is 7.25. The molecule has 1 unspecified atom stereocenters. The minimum atomic E-state index is -0.177. The molecule has 0 aliphatic carbocycles. The zero-order valence-electron chi connectivity index (χ0n) is 14.2. The monoisotopic (exact) mass is 369 g/mol. The van der Waals surface area contributed by atoms with Gasteiger partial charge in [0.15, 0.2) is 0 Å². The van der Waals surface area contributed by atoms with Crippen LogP contribution in [0.25, 0.3) is 11.0 Å². The Bertz CT molecular complexity index is 892. The Hall–Kier alpha value is -2.73. The summed E-state index contributed by atoms with van der Waals surface area (Å²) in [5, 5.41) is 6.62. The Morgan fingerprint density at radius 3 is 3.00 bits per heavy atom. The van der Waals surface area contributed by atoms with E-state index in [0.717, 1.165) is 47.1 Å². The number of amides is 2. The Morgan fingerprint density at radius 1 is 1.27 bits per heavy atom. The molecule has 0 spiro atoms. The van der Waals surface area contributed by atoms with E-state index in [1.807, 2.05) is 48.5 Å². The lowest BCUT2D eigenvalue weighted by atomic mass is 10.3. The van der Waals surface area contributed by atoms with Gasteiger partial charge in [-0.25, -0.2) is 9.78 Å². The first-order chi connectivity index (χ1) is 12.7. The topological polar surface area (TPSA) is 73.0 Å². The number of hydrogen-bond acceptors (Lipinski definition) is 3. The van der Waals surface area contributed by atoms with E-state index in [1.54, 1.807) is 0 Å². The van der Waals surface area contributed by atoms with Crippen molar-refractivity contribution >= 4 is 34.4 Å². The first kappa shape index (κ1) is 16.7. The van der Waals surface area contributed by atoms with E-state index in [-0.39, 0.29) is 12.1 Å². The molecule has 1 aromatic heterocycles. The zero-order chi connectivity index (χ0) is 17.9. The van der Waals surface area contributed by atoms with Gasteiger partial charge < -0.3 is 20.5 Å². The number of carbonyl (C=O) groups excluding carboxylic acids is 1. The van der Waals surface area contributed by atoms with E-state index < -0.39 is 0 Å². The number of rotatable bonds is 4. The molecule has 0 radical (unpaired) electrons. The number of hydrogen-bond donors (Lipinski definition) is 3. The standard InChI is InChI=1S/C19H20ClN5O/c20-13-4-3-5-15(10-13)25-9-8-14(12-25)22-19(26)21-11-18-23-16-6-1-2-7-17(16)24-18/h1-7,10,14H,8-9,11-12H2,(H,23,24)(H2,21,22,26). The SMILES string of the molecule is O=C(NCc1nc2ccccc2[nH]1)NC1CCN(c2cccc(Cl)c2)C1. The molecule has 1 saturated heterocycles. The van der Waals surface area contributed by atoms with Crippen LogP contribution in [-0.4, -0.2) is 35.1 Å². The van der Waals surface area contributed by atoms with E-state index in [1.165, 1.54) is 0 Å². The van der Waals surface area contributed by atoms with Crippen LogP contribution in [0.2, 0.25) is 5.02 Å². The molecule has 4 rings (SSSR count). The fraction of sp³-hybridized carbons (Fsp3) is 0.263. The van der Waals surface area contributed by atoms with Gasteiger partial charge in [0.25, 0.3) is 0 Å². The van der Waals surface area contributed by atoms with Gasteiger partial charge in [0.2, 0.25) is 0 Å². The Morgan fingerprint density at radius 2 is 2.15 bits per heavy atom. The third kappa shape index (κ3) is 3.75. The fourth-order valence-corrected chi connectivity index (χ4v) is 3.46. The summed E-state index contributed by atoms with van der Waals surface area (Å²) in [6.07, 6.45) is 0.907. The molecule has 0 saturated carbocycles. The summed E-state index contributed by atoms with van der Waals surface area (Å²) in [4.78, 5) is 22.1. The lowest BCUT2D eigenvalue weighted by molar-refractivity contribution is 0.237. The van der Waals surface area contributed by atoms with Crippen molar-refractivity contribution in [1.82, 2.24) is 20.6 Å². The first-order valence-electron chi connectivity index (χ1n) is 8.66. The fourth-order valence-electron chi connectivity index (χ4n) is 3.28. The number of aromatic amines is 1. The van der Waals surface area contributed by atoms with Gasteiger partial charge in [0.05, 0.1) is 17.6 Å². The lowest BCUT2D eigenvalue weighted by Crippen LogP contribution is -2.43. The number of aromatic nitrogens is 2. The highest BCUT2D eigenvalue weighted by Crippen LogP contribution is 2.23. The van der Waals surface area contributed by atoms with Gasteiger partial charge in [0.1, 0.15) is 5.82 Å². The highest BCUT2D eigenvalue weighted by molar-refractivity contribution is 6.30. The highest BCUT2D eigenvalue weighted by Gasteiger charge is 2.24. The number of imidazole rings is 1. The molecule has 134 valence electrons. The predicted molar refractivity (Wildman–Crippen MR) is 104 cm³/mol. The van der Waals surface area contributed by atoms with Gasteiger partial charge in [-0.2, -0.15) is 0 Å². The Balaban J connectivity index is 1.28. The summed E-state index contributed by atoms with van der Waals surface area (Å²) in [5.74, 6) is 0.744. The largest absolute Gasteiger partial charge is 0.369 e. The number of H-pyrrole nitrogens is 1. The minimum Gasteiger partial charge on any atom is -0.369 e. The molecule has 7 heteroatoms. The third-order valence-corrected chi connectivity index (χ3v) is 4.79. The van der Waals surface area contributed by atoms with Crippen LogP contribution in [0.5, 0.6) is 0 Å². The quantitative estimate of drug-likeness (QED) is 0.660. The van der Waals surface area contributed by atoms with E-state index in [0.29, 0.717) is 6.54 Å². The number of nitrogens with zero attached hydrogens (tertiary/aromatic N) is 2. The molecule has 26 heavy (non-hydrogen) atoms. The summed E-state index contributed by atoms with van der Waals surface area (Å²) in [6.45, 7) is 2.04. The van der Waals surface area contributed by atoms with Crippen LogP contribution in [-0.2, 0) is 6.54 Å². The maximum absolute atomic E-state index is 12.2. The number of urea groups is 1. The molecular formula is C19H20ClN5O. The highest BCUT2D eigenvalue weighted by atomic mass is 35.5. The average molecular weight is 370 g/mol. The maximum atomic E-state index is 12.2. The van der Waals surface area contributed by atoms with Crippen LogP contribution in [0.1, 0.15) is 12.2 Å². The van der Waals surface area contributed by atoms with Gasteiger partial charge in [0, 0.05) is 29.8 Å². The Kier molecular flexibility index (Phi) is 4.67. The number of para-hydroxylation sites is 2. The van der Waals surface area contributed by atoms with Gasteiger partial charge >= 0.3 is 6.03 Å². The summed E-state index contributed by atoms with van der Waals surface area (Å²) in [6, 6.07) is 15.5. The third-order valence-electron chi connectivity index (χ3n) is 4.55. The number of anilines is 1. The van der Waals surface area contributed by atoms with Gasteiger partial charge in [-0.05, 0) is 36.8 Å². The van der Waals surface area contributed by atoms with Crippen molar-refractivity contribution in [2.75, 3.05) is 18.0 Å². The van der Waals surface area contributed by atoms with Crippen LogP contribution in [0.3, 0.4) is 0 Å². The van der Waals surface area contributed by atoms with E-state index in [9.17, 15) is 4.79 Å². The lowest BCUT2D eigenvalue weighted by Gasteiger charge is -2.19. The van der Waals surface area contributed by atoms with Crippen molar-refractivity contribution in [3.63, 3.8) is 0 Å². The summed E-state index contributed by atoms with van der Waals surface area (Å²) >= 11 is 6.06. The van der Waals surface area contributed by atoms with E-state index in [2.05, 4.69) is 25.5 Å². The minimum absolute atomic E-state index is 0.115. The number of carbonyl (C=O) groups is 1. The van der Waals surface area contributed by atoms with Crippen LogP contribution in [0.15, 0.2) is 48.5 Å². The number of halogens is 1. The maximum Gasteiger partial charge on any atom is 0.315 e. The van der Waals surface area contributed by atoms with Crippen LogP contribution >= 0.6 is 11.6 Å². The molecule has 1 aliphatic heterocycles. The van der Waals surface area contributed by atoms with E-state index >= 15 is 0 Å². The molecule has 3 N–H and O–H groups in total. The molecule has 1 aliphatic rings. The molecule has 1 fully saturated rings. The van der Waals surface area contributed by atoms with Crippen molar-refractivity contribution in [1.29, 1.82) is 0 Å². The van der Waals surface area contributed by atoms with Crippen LogP contribution in [0, 0.1) is 0 Å². The number of nitrogens with one attached hydrogen (secondary N) is 3. The smallest absolute Gasteiger partial charge is 0.315 e. The summed E-state index contributed by atoms with van der Waals surface area (Å²) < 4.78 is 0. The van der Waals surface area contributed by atoms with Crippen LogP contribution in [0.4, 0.5) is 10.5 Å². The summed E-state index contributed by atoms with van der Waals surface area (Å²) in [5.41, 5.74) is 2.96. The molecular weight excluding hydrogens is 350 g/mol. The number of benzene rings is 2. The molecule has 6 nitrogen and oxygen atoms in total. The normalized spacial score (nSPS) is 16.8. The van der Waals surface area contributed by atoms with Crippen molar-refractivity contribution in [3.05, 3.63) is 59.4 Å². The molecule has 2 amide bonds. The van der Waals surface area contributed by atoms with E-state index in [4.69, 9.17) is 11.6 Å². The van der Waals surface area contributed by atoms with Crippen molar-refractivity contribution in [2.24, 2.45) is 0 Å². The molecule has 1 atom stereocenters. The average Bonchev–Trinajstić information content (AvgIpc) is 3.26. The molecule has 2 aromatic carbocycles. The second-order valence-electron chi connectivity index (χ2n) is 6.44. The second-order valence-corrected chi connectivity index (χ2v) is 6.88. The van der Waals surface area contributed by atoms with Gasteiger partial charge in [-0.3, -0.25) is 0 Å². The van der Waals surface area contributed by atoms with Crippen molar-refractivity contribution in [3.8, 4) is 0 Å².